The third-order valence-corrected chi connectivity index (χ3v) is 4.80. The van der Waals surface area contributed by atoms with Crippen molar-refractivity contribution >= 4 is 29.4 Å². The molecule has 1 fully saturated rings. The molecule has 0 bridgehead atoms. The van der Waals surface area contributed by atoms with Gasteiger partial charge in [0.15, 0.2) is 0 Å². The van der Waals surface area contributed by atoms with Crippen molar-refractivity contribution in [3.8, 4) is 0 Å². The molecule has 1 heterocycles. The van der Waals surface area contributed by atoms with E-state index in [1.807, 2.05) is 11.8 Å². The summed E-state index contributed by atoms with van der Waals surface area (Å²) in [5.41, 5.74) is 0.380. The van der Waals surface area contributed by atoms with Crippen LogP contribution in [0.15, 0.2) is 18.2 Å². The maximum atomic E-state index is 13.3. The zero-order valence-electron chi connectivity index (χ0n) is 11.4. The summed E-state index contributed by atoms with van der Waals surface area (Å²) < 4.78 is 13.3. The van der Waals surface area contributed by atoms with Gasteiger partial charge in [-0.15, -0.1) is 0 Å². The van der Waals surface area contributed by atoms with Crippen LogP contribution in [0.25, 0.3) is 0 Å². The summed E-state index contributed by atoms with van der Waals surface area (Å²) in [4.78, 5) is 11.7. The van der Waals surface area contributed by atoms with Gasteiger partial charge in [-0.05, 0) is 36.3 Å². The molecule has 21 heavy (non-hydrogen) atoms. The van der Waals surface area contributed by atoms with E-state index in [0.29, 0.717) is 5.56 Å². The number of aliphatic hydroxyl groups is 1. The number of benzene rings is 1. The van der Waals surface area contributed by atoms with Crippen LogP contribution >= 0.6 is 23.4 Å². The van der Waals surface area contributed by atoms with Crippen molar-refractivity contribution in [2.75, 3.05) is 18.1 Å². The van der Waals surface area contributed by atoms with Crippen molar-refractivity contribution in [3.05, 3.63) is 34.6 Å². The topological polar surface area (TPSA) is 61.4 Å². The van der Waals surface area contributed by atoms with Gasteiger partial charge in [0.05, 0.1) is 11.1 Å². The summed E-state index contributed by atoms with van der Waals surface area (Å²) >= 11 is 7.41. The molecule has 2 rings (SSSR count). The molecule has 0 aliphatic carbocycles. The second-order valence-corrected chi connectivity index (χ2v) is 6.51. The van der Waals surface area contributed by atoms with Gasteiger partial charge in [-0.2, -0.15) is 11.8 Å². The summed E-state index contributed by atoms with van der Waals surface area (Å²) in [5, 5.41) is 15.4. The van der Waals surface area contributed by atoms with E-state index in [1.54, 1.807) is 0 Å². The molecule has 1 aliphatic heterocycles. The molecule has 0 unspecified atom stereocenters. The van der Waals surface area contributed by atoms with Crippen molar-refractivity contribution in [2.45, 2.75) is 25.0 Å². The van der Waals surface area contributed by atoms with E-state index >= 15 is 0 Å². The average molecular weight is 333 g/mol. The molecule has 2 atom stereocenters. The van der Waals surface area contributed by atoms with E-state index in [9.17, 15) is 14.3 Å². The molecular formula is C14H18ClFN2O2S. The first-order valence-corrected chi connectivity index (χ1v) is 8.34. The fourth-order valence-corrected chi connectivity index (χ4v) is 3.31. The van der Waals surface area contributed by atoms with Crippen LogP contribution in [0.3, 0.4) is 0 Å². The number of nitrogens with one attached hydrogen (secondary N) is 2. The molecule has 3 N–H and O–H groups in total. The molecule has 1 aromatic rings. The minimum Gasteiger partial charge on any atom is -0.387 e. The highest BCUT2D eigenvalue weighted by atomic mass is 35.5. The van der Waals surface area contributed by atoms with Gasteiger partial charge in [0.2, 0.25) is 0 Å². The number of hydrogen-bond acceptors (Lipinski definition) is 3. The summed E-state index contributed by atoms with van der Waals surface area (Å²) in [6, 6.07) is 3.96. The van der Waals surface area contributed by atoms with Gasteiger partial charge in [-0.1, -0.05) is 17.7 Å². The Labute approximate surface area is 132 Å². The maximum Gasteiger partial charge on any atom is 0.315 e. The second kappa shape index (κ2) is 7.87. The number of carbonyl (C=O) groups is 1. The lowest BCUT2D eigenvalue weighted by atomic mass is 10.1. The van der Waals surface area contributed by atoms with E-state index in [0.717, 1.165) is 24.3 Å². The molecule has 1 saturated heterocycles. The maximum absolute atomic E-state index is 13.3. The van der Waals surface area contributed by atoms with Crippen molar-refractivity contribution in [1.29, 1.82) is 0 Å². The van der Waals surface area contributed by atoms with Crippen LogP contribution < -0.4 is 10.6 Å². The number of hydrogen-bond donors (Lipinski definition) is 3. The lowest BCUT2D eigenvalue weighted by molar-refractivity contribution is 0.172. The number of carbonyl (C=O) groups excluding carboxylic acids is 1. The Balaban J connectivity index is 1.78. The molecule has 4 nitrogen and oxygen atoms in total. The van der Waals surface area contributed by atoms with Gasteiger partial charge >= 0.3 is 6.03 Å². The number of urea groups is 1. The van der Waals surface area contributed by atoms with Crippen molar-refractivity contribution < 1.29 is 14.3 Å². The second-order valence-electron chi connectivity index (χ2n) is 4.96. The van der Waals surface area contributed by atoms with Crippen molar-refractivity contribution in [3.63, 3.8) is 0 Å². The minimum atomic E-state index is -0.969. The Bertz CT molecular complexity index is 498. The molecule has 0 aromatic heterocycles. The van der Waals surface area contributed by atoms with Crippen LogP contribution in [0.5, 0.6) is 0 Å². The Morgan fingerprint density at radius 2 is 2.38 bits per heavy atom. The number of amides is 2. The standard InChI is InChI=1S/C14H18ClFN2O2S/c15-11-4-3-9(6-12(11)16)13(19)7-17-14(20)18-10-2-1-5-21-8-10/h3-4,6,10,13,19H,1-2,5,7-8H2,(H2,17,18,20)/t10-,13+/m0/s1. The first kappa shape index (κ1) is 16.4. The third kappa shape index (κ3) is 5.05. The largest absolute Gasteiger partial charge is 0.387 e. The Morgan fingerprint density at radius 1 is 1.57 bits per heavy atom. The predicted octanol–water partition coefficient (Wildman–Crippen LogP) is 2.71. The summed E-state index contributed by atoms with van der Waals surface area (Å²) in [5.74, 6) is 1.47. The SMILES string of the molecule is O=C(NC[C@@H](O)c1ccc(Cl)c(F)c1)N[C@H]1CCCSC1. The number of aliphatic hydroxyl groups excluding tert-OH is 1. The highest BCUT2D eigenvalue weighted by Crippen LogP contribution is 2.20. The Morgan fingerprint density at radius 3 is 3.05 bits per heavy atom. The normalized spacial score (nSPS) is 19.9. The molecule has 0 saturated carbocycles. The van der Waals surface area contributed by atoms with Crippen LogP contribution in [0.4, 0.5) is 9.18 Å². The first-order chi connectivity index (χ1) is 10.1. The fraction of sp³-hybridized carbons (Fsp3) is 0.500. The lowest BCUT2D eigenvalue weighted by Crippen LogP contribution is -2.45. The van der Waals surface area contributed by atoms with E-state index in [2.05, 4.69) is 10.6 Å². The summed E-state index contributed by atoms with van der Waals surface area (Å²) in [6.45, 7) is 0.0206. The van der Waals surface area contributed by atoms with E-state index < -0.39 is 11.9 Å². The molecule has 0 radical (unpaired) electrons. The summed E-state index contributed by atoms with van der Waals surface area (Å²) in [6.07, 6.45) is 1.11. The molecule has 1 aromatic carbocycles. The van der Waals surface area contributed by atoms with Gasteiger partial charge in [0.25, 0.3) is 0 Å². The summed E-state index contributed by atoms with van der Waals surface area (Å²) in [7, 11) is 0. The van der Waals surface area contributed by atoms with Gasteiger partial charge < -0.3 is 15.7 Å². The van der Waals surface area contributed by atoms with Crippen molar-refractivity contribution in [2.24, 2.45) is 0 Å². The number of thioether (sulfide) groups is 1. The third-order valence-electron chi connectivity index (χ3n) is 3.28. The number of rotatable bonds is 4. The van der Waals surface area contributed by atoms with Crippen molar-refractivity contribution in [1.82, 2.24) is 10.6 Å². The van der Waals surface area contributed by atoms with Gasteiger partial charge in [0, 0.05) is 18.3 Å². The smallest absolute Gasteiger partial charge is 0.315 e. The average Bonchev–Trinajstić information content (AvgIpc) is 2.48. The predicted molar refractivity (Wildman–Crippen MR) is 83.3 cm³/mol. The lowest BCUT2D eigenvalue weighted by Gasteiger charge is -2.23. The quantitative estimate of drug-likeness (QED) is 0.794. The van der Waals surface area contributed by atoms with Crippen LogP contribution in [-0.2, 0) is 0 Å². The molecule has 116 valence electrons. The molecule has 1 aliphatic rings. The van der Waals surface area contributed by atoms with E-state index in [-0.39, 0.29) is 23.6 Å². The van der Waals surface area contributed by atoms with Crippen LogP contribution in [0.2, 0.25) is 5.02 Å². The molecular weight excluding hydrogens is 315 g/mol. The van der Waals surface area contributed by atoms with Gasteiger partial charge in [-0.25, -0.2) is 9.18 Å². The highest BCUT2D eigenvalue weighted by Gasteiger charge is 2.17. The molecule has 0 spiro atoms. The molecule has 2 amide bonds. The highest BCUT2D eigenvalue weighted by molar-refractivity contribution is 7.99. The van der Waals surface area contributed by atoms with E-state index in [4.69, 9.17) is 11.6 Å². The monoisotopic (exact) mass is 332 g/mol. The fourth-order valence-electron chi connectivity index (χ4n) is 2.12. The zero-order chi connectivity index (χ0) is 15.2. The van der Waals surface area contributed by atoms with Crippen LogP contribution in [0, 0.1) is 5.82 Å². The Hall–Kier alpha value is -0.980. The van der Waals surface area contributed by atoms with Crippen LogP contribution in [-0.4, -0.2) is 35.2 Å². The van der Waals surface area contributed by atoms with Gasteiger partial charge in [-0.3, -0.25) is 0 Å². The first-order valence-electron chi connectivity index (χ1n) is 6.81. The van der Waals surface area contributed by atoms with Gasteiger partial charge in [0.1, 0.15) is 5.82 Å². The zero-order valence-corrected chi connectivity index (χ0v) is 13.0. The van der Waals surface area contributed by atoms with E-state index in [1.165, 1.54) is 18.2 Å². The number of halogens is 2. The Kier molecular flexibility index (Phi) is 6.14. The molecule has 7 heteroatoms. The van der Waals surface area contributed by atoms with Crippen LogP contribution in [0.1, 0.15) is 24.5 Å². The minimum absolute atomic E-state index is 0.00597.